The summed E-state index contributed by atoms with van der Waals surface area (Å²) in [6.45, 7) is 5.30. The maximum Gasteiger partial charge on any atom is 0.220 e. The predicted octanol–water partition coefficient (Wildman–Crippen LogP) is 2.39. The van der Waals surface area contributed by atoms with Gasteiger partial charge in [0.1, 0.15) is 9.84 Å². The molecule has 1 aliphatic heterocycles. The molecule has 1 saturated carbocycles. The van der Waals surface area contributed by atoms with Gasteiger partial charge in [-0.25, -0.2) is 8.42 Å². The van der Waals surface area contributed by atoms with Crippen molar-refractivity contribution in [3.63, 3.8) is 0 Å². The third-order valence-electron chi connectivity index (χ3n) is 5.70. The highest BCUT2D eigenvalue weighted by Crippen LogP contribution is 2.57. The average Bonchev–Trinajstić information content (AvgIpc) is 2.96. The standard InChI is InChI=1S/C18H28N2O3S2/c1-15(21)20(13-16-4-10-24-14-16)17-12-18(17)5-8-19(9-6-18)7-3-11-25(2,22)23/h4,10,14,17H,3,5-9,11-13H2,1-2H3. The van der Waals surface area contributed by atoms with E-state index in [1.54, 1.807) is 18.3 Å². The number of carbonyl (C=O) groups excluding carboxylic acids is 1. The summed E-state index contributed by atoms with van der Waals surface area (Å²) >= 11 is 1.67. The van der Waals surface area contributed by atoms with E-state index in [1.165, 1.54) is 11.8 Å². The Kier molecular flexibility index (Phi) is 5.56. The van der Waals surface area contributed by atoms with E-state index >= 15 is 0 Å². The molecule has 1 aliphatic carbocycles. The second-order valence-electron chi connectivity index (χ2n) is 7.69. The normalized spacial score (nSPS) is 22.9. The fraction of sp³-hybridized carbons (Fsp3) is 0.722. The van der Waals surface area contributed by atoms with Crippen LogP contribution in [-0.4, -0.2) is 61.8 Å². The molecule has 1 aromatic heterocycles. The quantitative estimate of drug-likeness (QED) is 0.724. The molecule has 1 amide bonds. The molecule has 1 aromatic rings. The summed E-state index contributed by atoms with van der Waals surface area (Å²) in [5, 5.41) is 4.18. The maximum absolute atomic E-state index is 12.1. The number of hydrogen-bond acceptors (Lipinski definition) is 5. The summed E-state index contributed by atoms with van der Waals surface area (Å²) in [4.78, 5) is 16.6. The first kappa shape index (κ1) is 18.9. The van der Waals surface area contributed by atoms with Crippen LogP contribution in [0.25, 0.3) is 0 Å². The Bertz CT molecular complexity index is 692. The minimum atomic E-state index is -2.86. The van der Waals surface area contributed by atoms with Crippen LogP contribution >= 0.6 is 11.3 Å². The van der Waals surface area contributed by atoms with Crippen molar-refractivity contribution >= 4 is 27.1 Å². The Morgan fingerprint density at radius 1 is 1.40 bits per heavy atom. The third kappa shape index (κ3) is 4.83. The molecule has 1 unspecified atom stereocenters. The Morgan fingerprint density at radius 2 is 2.12 bits per heavy atom. The zero-order valence-electron chi connectivity index (χ0n) is 15.1. The van der Waals surface area contributed by atoms with Gasteiger partial charge < -0.3 is 9.80 Å². The lowest BCUT2D eigenvalue weighted by Crippen LogP contribution is -2.40. The van der Waals surface area contributed by atoms with E-state index in [4.69, 9.17) is 0 Å². The highest BCUT2D eigenvalue weighted by atomic mass is 32.2. The molecule has 3 rings (SSSR count). The SMILES string of the molecule is CC(=O)N(Cc1ccsc1)C1CC12CCN(CCCS(C)(=O)=O)CC2. The third-order valence-corrected chi connectivity index (χ3v) is 7.46. The van der Waals surface area contributed by atoms with Crippen LogP contribution in [0.2, 0.25) is 0 Å². The lowest BCUT2D eigenvalue weighted by atomic mass is 9.92. The number of piperidine rings is 1. The molecule has 2 heterocycles. The first-order valence-electron chi connectivity index (χ1n) is 8.97. The van der Waals surface area contributed by atoms with E-state index in [2.05, 4.69) is 26.6 Å². The van der Waals surface area contributed by atoms with Gasteiger partial charge in [0.2, 0.25) is 5.91 Å². The van der Waals surface area contributed by atoms with E-state index in [0.717, 1.165) is 45.4 Å². The van der Waals surface area contributed by atoms with Gasteiger partial charge >= 0.3 is 0 Å². The zero-order valence-corrected chi connectivity index (χ0v) is 16.7. The lowest BCUT2D eigenvalue weighted by Gasteiger charge is -2.34. The number of nitrogens with zero attached hydrogens (tertiary/aromatic N) is 2. The van der Waals surface area contributed by atoms with Crippen LogP contribution < -0.4 is 0 Å². The minimum Gasteiger partial charge on any atom is -0.335 e. The summed E-state index contributed by atoms with van der Waals surface area (Å²) in [5.74, 6) is 0.444. The highest BCUT2D eigenvalue weighted by Gasteiger charge is 2.58. The van der Waals surface area contributed by atoms with Crippen LogP contribution in [0, 0.1) is 5.41 Å². The fourth-order valence-corrected chi connectivity index (χ4v) is 5.41. The van der Waals surface area contributed by atoms with Crippen LogP contribution in [0.15, 0.2) is 16.8 Å². The summed E-state index contributed by atoms with van der Waals surface area (Å²) in [6, 6.07) is 2.48. The van der Waals surface area contributed by atoms with E-state index in [-0.39, 0.29) is 11.7 Å². The van der Waals surface area contributed by atoms with Crippen molar-refractivity contribution in [3.8, 4) is 0 Å². The number of hydrogen-bond donors (Lipinski definition) is 0. The molecule has 2 fully saturated rings. The predicted molar refractivity (Wildman–Crippen MR) is 101 cm³/mol. The van der Waals surface area contributed by atoms with Crippen molar-refractivity contribution in [1.29, 1.82) is 0 Å². The molecule has 0 radical (unpaired) electrons. The fourth-order valence-electron chi connectivity index (χ4n) is 4.10. The first-order valence-corrected chi connectivity index (χ1v) is 12.0. The molecule has 0 N–H and O–H groups in total. The number of carbonyl (C=O) groups is 1. The molecule has 140 valence electrons. The van der Waals surface area contributed by atoms with Crippen molar-refractivity contribution in [3.05, 3.63) is 22.4 Å². The number of rotatable bonds is 7. The first-order chi connectivity index (χ1) is 11.8. The molecule has 1 spiro atoms. The summed E-state index contributed by atoms with van der Waals surface area (Å²) in [5.41, 5.74) is 1.52. The number of sulfone groups is 1. The van der Waals surface area contributed by atoms with E-state index in [9.17, 15) is 13.2 Å². The van der Waals surface area contributed by atoms with E-state index in [0.29, 0.717) is 17.9 Å². The molecule has 0 aromatic carbocycles. The Hall–Kier alpha value is -0.920. The van der Waals surface area contributed by atoms with Gasteiger partial charge in [0, 0.05) is 25.8 Å². The number of amides is 1. The highest BCUT2D eigenvalue weighted by molar-refractivity contribution is 7.90. The van der Waals surface area contributed by atoms with Crippen molar-refractivity contribution in [1.82, 2.24) is 9.80 Å². The summed E-state index contributed by atoms with van der Waals surface area (Å²) in [7, 11) is -2.86. The molecule has 25 heavy (non-hydrogen) atoms. The topological polar surface area (TPSA) is 57.7 Å². The molecular weight excluding hydrogens is 356 g/mol. The molecule has 1 saturated heterocycles. The van der Waals surface area contributed by atoms with Crippen molar-refractivity contribution in [2.24, 2.45) is 5.41 Å². The smallest absolute Gasteiger partial charge is 0.220 e. The second kappa shape index (κ2) is 7.37. The van der Waals surface area contributed by atoms with Gasteiger partial charge in [-0.3, -0.25) is 4.79 Å². The minimum absolute atomic E-state index is 0.170. The summed E-state index contributed by atoms with van der Waals surface area (Å²) < 4.78 is 22.5. The maximum atomic E-state index is 12.1. The Morgan fingerprint density at radius 3 is 2.68 bits per heavy atom. The van der Waals surface area contributed by atoms with Gasteiger partial charge in [0.25, 0.3) is 0 Å². The molecule has 7 heteroatoms. The molecular formula is C18H28N2O3S2. The summed E-state index contributed by atoms with van der Waals surface area (Å²) in [6.07, 6.45) is 5.37. The number of thiophene rings is 1. The van der Waals surface area contributed by atoms with E-state index in [1.807, 2.05) is 0 Å². The van der Waals surface area contributed by atoms with Gasteiger partial charge in [0.15, 0.2) is 0 Å². The van der Waals surface area contributed by atoms with Crippen LogP contribution in [0.1, 0.15) is 38.2 Å². The van der Waals surface area contributed by atoms with Crippen molar-refractivity contribution in [2.75, 3.05) is 31.6 Å². The lowest BCUT2D eigenvalue weighted by molar-refractivity contribution is -0.130. The van der Waals surface area contributed by atoms with E-state index < -0.39 is 9.84 Å². The molecule has 2 aliphatic rings. The van der Waals surface area contributed by atoms with Gasteiger partial charge in [-0.05, 0) is 73.1 Å². The monoisotopic (exact) mass is 384 g/mol. The average molecular weight is 385 g/mol. The van der Waals surface area contributed by atoms with Gasteiger partial charge in [-0.15, -0.1) is 0 Å². The van der Waals surface area contributed by atoms with Gasteiger partial charge in [-0.2, -0.15) is 11.3 Å². The van der Waals surface area contributed by atoms with Crippen molar-refractivity contribution < 1.29 is 13.2 Å². The Balaban J connectivity index is 1.49. The van der Waals surface area contributed by atoms with Crippen molar-refractivity contribution in [2.45, 2.75) is 45.2 Å². The van der Waals surface area contributed by atoms with Crippen LogP contribution in [0.3, 0.4) is 0 Å². The van der Waals surface area contributed by atoms with Gasteiger partial charge in [0.05, 0.1) is 5.75 Å². The largest absolute Gasteiger partial charge is 0.335 e. The molecule has 1 atom stereocenters. The van der Waals surface area contributed by atoms with Crippen LogP contribution in [-0.2, 0) is 21.2 Å². The van der Waals surface area contributed by atoms with Crippen LogP contribution in [0.4, 0.5) is 0 Å². The second-order valence-corrected chi connectivity index (χ2v) is 10.7. The Labute approximate surface area is 154 Å². The molecule has 5 nitrogen and oxygen atoms in total. The van der Waals surface area contributed by atoms with Gasteiger partial charge in [-0.1, -0.05) is 0 Å². The zero-order chi connectivity index (χ0) is 18.1. The number of likely N-dealkylation sites (tertiary alicyclic amines) is 1. The molecule has 0 bridgehead atoms. The van der Waals surface area contributed by atoms with Crippen LogP contribution in [0.5, 0.6) is 0 Å².